The van der Waals surface area contributed by atoms with Gasteiger partial charge in [0.1, 0.15) is 4.32 Å². The van der Waals surface area contributed by atoms with E-state index in [2.05, 4.69) is 30.2 Å². The molecule has 0 fully saturated rings. The zero-order chi connectivity index (χ0) is 8.53. The minimum absolute atomic E-state index is 0.500. The van der Waals surface area contributed by atoms with E-state index >= 15 is 0 Å². The summed E-state index contributed by atoms with van der Waals surface area (Å²) in [4.78, 5) is 0. The lowest BCUT2D eigenvalue weighted by Gasteiger charge is -2.03. The van der Waals surface area contributed by atoms with Gasteiger partial charge in [0.2, 0.25) is 0 Å². The predicted octanol–water partition coefficient (Wildman–Crippen LogP) is 0.454. The van der Waals surface area contributed by atoms with E-state index in [1.54, 1.807) is 7.11 Å². The van der Waals surface area contributed by atoms with E-state index < -0.39 is 0 Å². The summed E-state index contributed by atoms with van der Waals surface area (Å²) in [7, 11) is 1.64. The molecule has 0 aromatic rings. The van der Waals surface area contributed by atoms with E-state index in [1.165, 1.54) is 0 Å². The zero-order valence-corrected chi connectivity index (χ0v) is 8.21. The number of hydrogen-bond acceptors (Lipinski definition) is 3. The van der Waals surface area contributed by atoms with Crippen LogP contribution < -0.4 is 5.32 Å². The average molecular weight is 195 g/mol. The van der Waals surface area contributed by atoms with Crippen molar-refractivity contribution in [1.29, 1.82) is 0 Å². The molecule has 0 amide bonds. The molecule has 66 valence electrons. The molecule has 1 N–H and O–H groups in total. The Hall–Kier alpha value is 0.160. The third-order valence-corrected chi connectivity index (χ3v) is 1.26. The van der Waals surface area contributed by atoms with Gasteiger partial charge in [0, 0.05) is 13.7 Å². The molecule has 0 aromatic carbocycles. The first-order valence-electron chi connectivity index (χ1n) is 3.31. The standard InChI is InChI=1S/C6H13NO2S2/c1-8-4-5-9-3-2-7-6(10)11/h2-5H2,1H3,(H2,7,10,11). The largest absolute Gasteiger partial charge is 0.382 e. The van der Waals surface area contributed by atoms with E-state index in [9.17, 15) is 0 Å². The first-order chi connectivity index (χ1) is 5.27. The molecule has 0 aliphatic rings. The molecule has 0 saturated carbocycles. The SMILES string of the molecule is COCCOCCNC(=S)S. The highest BCUT2D eigenvalue weighted by Crippen LogP contribution is 1.78. The third kappa shape index (κ3) is 10.2. The van der Waals surface area contributed by atoms with Crippen molar-refractivity contribution in [3.63, 3.8) is 0 Å². The van der Waals surface area contributed by atoms with Crippen molar-refractivity contribution in [1.82, 2.24) is 5.32 Å². The highest BCUT2D eigenvalue weighted by Gasteiger charge is 1.88. The Morgan fingerprint density at radius 2 is 2.18 bits per heavy atom. The van der Waals surface area contributed by atoms with Crippen LogP contribution in [0.2, 0.25) is 0 Å². The number of nitrogens with one attached hydrogen (secondary N) is 1. The second kappa shape index (κ2) is 8.26. The molecule has 11 heavy (non-hydrogen) atoms. The van der Waals surface area contributed by atoms with Crippen molar-refractivity contribution in [2.24, 2.45) is 0 Å². The second-order valence-corrected chi connectivity index (χ2v) is 3.00. The molecule has 0 aliphatic carbocycles. The van der Waals surface area contributed by atoms with Gasteiger partial charge in [-0.15, -0.1) is 12.6 Å². The van der Waals surface area contributed by atoms with Crippen molar-refractivity contribution < 1.29 is 9.47 Å². The molecule has 0 aromatic heterocycles. The van der Waals surface area contributed by atoms with E-state index in [1.807, 2.05) is 0 Å². The lowest BCUT2D eigenvalue weighted by atomic mass is 10.7. The number of ether oxygens (including phenoxy) is 2. The first-order valence-corrected chi connectivity index (χ1v) is 4.16. The predicted molar refractivity (Wildman–Crippen MR) is 52.3 cm³/mol. The van der Waals surface area contributed by atoms with E-state index in [4.69, 9.17) is 9.47 Å². The molecule has 0 aliphatic heterocycles. The summed E-state index contributed by atoms with van der Waals surface area (Å²) in [6.45, 7) is 2.58. The van der Waals surface area contributed by atoms with E-state index in [0.29, 0.717) is 30.7 Å². The van der Waals surface area contributed by atoms with Gasteiger partial charge in [-0.1, -0.05) is 12.2 Å². The van der Waals surface area contributed by atoms with Gasteiger partial charge in [-0.25, -0.2) is 0 Å². The number of thiol groups is 1. The minimum atomic E-state index is 0.500. The van der Waals surface area contributed by atoms with Crippen LogP contribution >= 0.6 is 24.8 Å². The summed E-state index contributed by atoms with van der Waals surface area (Å²) in [6.07, 6.45) is 0. The molecule has 3 nitrogen and oxygen atoms in total. The summed E-state index contributed by atoms with van der Waals surface area (Å²) in [5.41, 5.74) is 0. The van der Waals surface area contributed by atoms with Crippen molar-refractivity contribution in [2.75, 3.05) is 33.5 Å². The lowest BCUT2D eigenvalue weighted by molar-refractivity contribution is 0.0735. The molecule has 0 heterocycles. The minimum Gasteiger partial charge on any atom is -0.382 e. The van der Waals surface area contributed by atoms with Crippen LogP contribution in [0.3, 0.4) is 0 Å². The topological polar surface area (TPSA) is 30.5 Å². The Labute approximate surface area is 77.9 Å². The molecular weight excluding hydrogens is 182 g/mol. The molecule has 0 rings (SSSR count). The van der Waals surface area contributed by atoms with Crippen LogP contribution in [0.5, 0.6) is 0 Å². The van der Waals surface area contributed by atoms with Gasteiger partial charge in [0.05, 0.1) is 19.8 Å². The van der Waals surface area contributed by atoms with Crippen LogP contribution in [-0.2, 0) is 9.47 Å². The maximum Gasteiger partial charge on any atom is 0.130 e. The van der Waals surface area contributed by atoms with Gasteiger partial charge >= 0.3 is 0 Å². The number of rotatable bonds is 6. The summed E-state index contributed by atoms with van der Waals surface area (Å²) < 4.78 is 10.4. The van der Waals surface area contributed by atoms with Crippen LogP contribution in [0.15, 0.2) is 0 Å². The third-order valence-electron chi connectivity index (χ3n) is 0.954. The molecule has 0 unspecified atom stereocenters. The van der Waals surface area contributed by atoms with Crippen LogP contribution in [0.4, 0.5) is 0 Å². The van der Waals surface area contributed by atoms with Gasteiger partial charge in [-0.05, 0) is 0 Å². The molecule has 0 saturated heterocycles. The van der Waals surface area contributed by atoms with Gasteiger partial charge in [-0.3, -0.25) is 0 Å². The van der Waals surface area contributed by atoms with Crippen LogP contribution in [0.25, 0.3) is 0 Å². The van der Waals surface area contributed by atoms with Gasteiger partial charge in [0.15, 0.2) is 0 Å². The summed E-state index contributed by atoms with van der Waals surface area (Å²) >= 11 is 8.55. The smallest absolute Gasteiger partial charge is 0.130 e. The van der Waals surface area contributed by atoms with Crippen LogP contribution in [-0.4, -0.2) is 37.8 Å². The summed E-state index contributed by atoms with van der Waals surface area (Å²) in [5.74, 6) is 0. The molecular formula is C6H13NO2S2. The van der Waals surface area contributed by atoms with Crippen molar-refractivity contribution in [2.45, 2.75) is 0 Å². The highest BCUT2D eigenvalue weighted by atomic mass is 32.1. The maximum atomic E-state index is 5.14. The van der Waals surface area contributed by atoms with Crippen molar-refractivity contribution in [3.8, 4) is 0 Å². The first kappa shape index (κ1) is 11.2. The molecule has 0 bridgehead atoms. The Bertz CT molecular complexity index is 111. The van der Waals surface area contributed by atoms with Gasteiger partial charge in [0.25, 0.3) is 0 Å². The van der Waals surface area contributed by atoms with Crippen LogP contribution in [0.1, 0.15) is 0 Å². The quantitative estimate of drug-likeness (QED) is 0.366. The van der Waals surface area contributed by atoms with E-state index in [0.717, 1.165) is 0 Å². The maximum absolute atomic E-state index is 5.14. The lowest BCUT2D eigenvalue weighted by Crippen LogP contribution is -2.22. The van der Waals surface area contributed by atoms with Gasteiger partial charge < -0.3 is 14.8 Å². The Morgan fingerprint density at radius 3 is 2.73 bits per heavy atom. The summed E-state index contributed by atoms with van der Waals surface area (Å²) in [6, 6.07) is 0. The fraction of sp³-hybridized carbons (Fsp3) is 0.833. The van der Waals surface area contributed by atoms with Crippen molar-refractivity contribution >= 4 is 29.2 Å². The number of hydrogen-bond donors (Lipinski definition) is 2. The number of methoxy groups -OCH3 is 1. The zero-order valence-electron chi connectivity index (χ0n) is 6.50. The highest BCUT2D eigenvalue weighted by molar-refractivity contribution is 8.11. The fourth-order valence-corrected chi connectivity index (χ4v) is 0.688. The molecule has 5 heteroatoms. The normalized spacial score (nSPS) is 9.64. The van der Waals surface area contributed by atoms with Crippen LogP contribution in [0, 0.1) is 0 Å². The van der Waals surface area contributed by atoms with Crippen molar-refractivity contribution in [3.05, 3.63) is 0 Å². The van der Waals surface area contributed by atoms with Gasteiger partial charge in [-0.2, -0.15) is 0 Å². The Morgan fingerprint density at radius 1 is 1.45 bits per heavy atom. The fourth-order valence-electron chi connectivity index (χ4n) is 0.474. The Kier molecular flexibility index (Phi) is 8.38. The summed E-state index contributed by atoms with van der Waals surface area (Å²) in [5, 5.41) is 2.85. The molecule has 0 atom stereocenters. The molecule has 0 spiro atoms. The number of thiocarbonyl (C=S) groups is 1. The average Bonchev–Trinajstić information content (AvgIpc) is 1.96. The molecule has 0 radical (unpaired) electrons. The monoisotopic (exact) mass is 195 g/mol. The second-order valence-electron chi connectivity index (χ2n) is 1.84. The van der Waals surface area contributed by atoms with E-state index in [-0.39, 0.29) is 0 Å². The Balaban J connectivity index is 2.85.